The van der Waals surface area contributed by atoms with Crippen LogP contribution in [0.3, 0.4) is 0 Å². The van der Waals surface area contributed by atoms with Crippen LogP contribution in [0.1, 0.15) is 167 Å². The zero-order valence-electron chi connectivity index (χ0n) is 27.2. The van der Waals surface area contributed by atoms with Crippen LogP contribution in [0.2, 0.25) is 0 Å². The molecular weight excluding hydrogens is 530 g/mol. The average molecular weight is 597 g/mol. The first-order valence-electron chi connectivity index (χ1n) is 17.5. The predicted octanol–water partition coefficient (Wildman–Crippen LogP) is 9.39. The van der Waals surface area contributed by atoms with Crippen molar-refractivity contribution in [2.45, 2.75) is 167 Å². The lowest BCUT2D eigenvalue weighted by molar-refractivity contribution is -0.929. The molecule has 0 aromatic heterocycles. The van der Waals surface area contributed by atoms with E-state index in [1.165, 1.54) is 109 Å². The van der Waals surface area contributed by atoms with E-state index in [4.69, 9.17) is 15.3 Å². The van der Waals surface area contributed by atoms with Gasteiger partial charge >= 0.3 is 17.9 Å². The standard InChI is InChI=1S/C35H65NO6/c1-2-3-4-5-6-7-8-9-10-11-12-13-14-15-16-17-18-19-20-21-22-29-36(30-23-26-33(37)38,31-24-27-34(39)40)32-25-28-35(41)42/h11-12H,2-10,13-32H2,1H3,(H2-,37,38,39,40,41,42)/p+1/b12-11+. The average Bonchev–Trinajstić information content (AvgIpc) is 2.93. The van der Waals surface area contributed by atoms with Crippen LogP contribution in [0.15, 0.2) is 12.2 Å². The van der Waals surface area contributed by atoms with Gasteiger partial charge in [-0.3, -0.25) is 14.4 Å². The van der Waals surface area contributed by atoms with E-state index in [0.717, 1.165) is 19.4 Å². The molecule has 0 aliphatic carbocycles. The highest BCUT2D eigenvalue weighted by Crippen LogP contribution is 2.19. The Morgan fingerprint density at radius 1 is 0.429 bits per heavy atom. The molecule has 7 nitrogen and oxygen atoms in total. The highest BCUT2D eigenvalue weighted by Gasteiger charge is 2.27. The third-order valence-electron chi connectivity index (χ3n) is 8.46. The molecule has 0 unspecified atom stereocenters. The van der Waals surface area contributed by atoms with E-state index < -0.39 is 17.9 Å². The highest BCUT2D eigenvalue weighted by atomic mass is 16.4. The van der Waals surface area contributed by atoms with Gasteiger partial charge in [-0.2, -0.15) is 0 Å². The van der Waals surface area contributed by atoms with E-state index in [0.29, 0.717) is 43.4 Å². The molecule has 0 aliphatic rings. The molecular formula is C35H66NO6+. The second kappa shape index (κ2) is 29.2. The van der Waals surface area contributed by atoms with Crippen molar-refractivity contribution in [3.05, 3.63) is 12.2 Å². The summed E-state index contributed by atoms with van der Waals surface area (Å²) in [5.41, 5.74) is 0. The Bertz CT molecular complexity index is 643. The topological polar surface area (TPSA) is 112 Å². The normalized spacial score (nSPS) is 11.8. The Hall–Kier alpha value is -1.89. The number of aliphatic carboxylic acids is 3. The lowest BCUT2D eigenvalue weighted by Gasteiger charge is -2.39. The second-order valence-corrected chi connectivity index (χ2v) is 12.4. The van der Waals surface area contributed by atoms with Crippen molar-refractivity contribution in [3.8, 4) is 0 Å². The molecule has 3 N–H and O–H groups in total. The number of carboxylic acid groups (broad SMARTS) is 3. The maximum atomic E-state index is 11.1. The SMILES string of the molecule is CCCCCCCCCC/C=C/CCCCCCCCCCC[N+](CCCC(=O)O)(CCCC(=O)O)CCCC(=O)O. The van der Waals surface area contributed by atoms with Gasteiger partial charge in [0, 0.05) is 19.3 Å². The van der Waals surface area contributed by atoms with E-state index in [9.17, 15) is 14.4 Å². The first-order valence-corrected chi connectivity index (χ1v) is 17.5. The van der Waals surface area contributed by atoms with E-state index in [-0.39, 0.29) is 19.3 Å². The summed E-state index contributed by atoms with van der Waals surface area (Å²) in [7, 11) is 0. The molecule has 0 bridgehead atoms. The number of unbranched alkanes of at least 4 members (excludes halogenated alkanes) is 17. The number of hydrogen-bond donors (Lipinski definition) is 3. The Kier molecular flexibility index (Phi) is 27.9. The molecule has 0 aliphatic heterocycles. The van der Waals surface area contributed by atoms with Crippen LogP contribution in [-0.2, 0) is 14.4 Å². The van der Waals surface area contributed by atoms with Gasteiger partial charge in [0.1, 0.15) is 0 Å². The van der Waals surface area contributed by atoms with Gasteiger partial charge in [-0.25, -0.2) is 0 Å². The largest absolute Gasteiger partial charge is 0.481 e. The molecule has 0 heterocycles. The van der Waals surface area contributed by atoms with Crippen molar-refractivity contribution >= 4 is 17.9 Å². The summed E-state index contributed by atoms with van der Waals surface area (Å²) in [5.74, 6) is -2.47. The van der Waals surface area contributed by atoms with Gasteiger partial charge in [-0.15, -0.1) is 0 Å². The van der Waals surface area contributed by atoms with Gasteiger partial charge < -0.3 is 19.8 Å². The van der Waals surface area contributed by atoms with Gasteiger partial charge in [0.2, 0.25) is 0 Å². The number of allylic oxidation sites excluding steroid dienone is 2. The van der Waals surface area contributed by atoms with Gasteiger partial charge in [-0.1, -0.05) is 103 Å². The maximum absolute atomic E-state index is 11.1. The molecule has 0 atom stereocenters. The molecule has 0 radical (unpaired) electrons. The van der Waals surface area contributed by atoms with Crippen LogP contribution in [0.5, 0.6) is 0 Å². The second-order valence-electron chi connectivity index (χ2n) is 12.4. The minimum atomic E-state index is -0.824. The number of rotatable bonds is 33. The first-order chi connectivity index (χ1) is 20.3. The zero-order valence-corrected chi connectivity index (χ0v) is 27.2. The molecule has 0 fully saturated rings. The molecule has 42 heavy (non-hydrogen) atoms. The molecule has 0 saturated carbocycles. The van der Waals surface area contributed by atoms with Crippen LogP contribution in [-0.4, -0.2) is 63.9 Å². The zero-order chi connectivity index (χ0) is 31.2. The van der Waals surface area contributed by atoms with Crippen molar-refractivity contribution in [1.29, 1.82) is 0 Å². The van der Waals surface area contributed by atoms with E-state index in [1.54, 1.807) is 0 Å². The molecule has 0 aromatic carbocycles. The lowest BCUT2D eigenvalue weighted by Crippen LogP contribution is -2.51. The fourth-order valence-corrected chi connectivity index (χ4v) is 5.95. The maximum Gasteiger partial charge on any atom is 0.303 e. The summed E-state index contributed by atoms with van der Waals surface area (Å²) >= 11 is 0. The Labute approximate surface area is 257 Å². The van der Waals surface area contributed by atoms with Crippen LogP contribution in [0, 0.1) is 0 Å². The molecule has 0 aromatic rings. The third-order valence-corrected chi connectivity index (χ3v) is 8.46. The van der Waals surface area contributed by atoms with Gasteiger partial charge in [0.05, 0.1) is 45.4 Å². The number of hydrogen-bond acceptors (Lipinski definition) is 3. The molecule has 0 rings (SSSR count). The van der Waals surface area contributed by atoms with E-state index in [2.05, 4.69) is 19.1 Å². The summed E-state index contributed by atoms with van der Waals surface area (Å²) in [6.45, 7) is 5.14. The summed E-state index contributed by atoms with van der Waals surface area (Å²) in [6, 6.07) is 0. The summed E-state index contributed by atoms with van der Waals surface area (Å²) in [6.07, 6.45) is 31.2. The fraction of sp³-hybridized carbons (Fsp3) is 0.857. The van der Waals surface area contributed by atoms with Crippen molar-refractivity contribution in [3.63, 3.8) is 0 Å². The van der Waals surface area contributed by atoms with Gasteiger partial charge in [-0.05, 0) is 38.5 Å². The number of carboxylic acids is 3. The lowest BCUT2D eigenvalue weighted by atomic mass is 10.0. The molecule has 0 spiro atoms. The Balaban J connectivity index is 4.06. The smallest absolute Gasteiger partial charge is 0.303 e. The number of quaternary nitrogens is 1. The van der Waals surface area contributed by atoms with Crippen LogP contribution >= 0.6 is 0 Å². The summed E-state index contributed by atoms with van der Waals surface area (Å²) < 4.78 is 0.640. The van der Waals surface area contributed by atoms with Crippen molar-refractivity contribution in [2.24, 2.45) is 0 Å². The monoisotopic (exact) mass is 596 g/mol. The quantitative estimate of drug-likeness (QED) is 0.0395. The molecule has 246 valence electrons. The molecule has 7 heteroatoms. The van der Waals surface area contributed by atoms with Crippen molar-refractivity contribution in [2.75, 3.05) is 26.2 Å². The van der Waals surface area contributed by atoms with E-state index in [1.807, 2.05) is 0 Å². The van der Waals surface area contributed by atoms with Crippen molar-refractivity contribution in [1.82, 2.24) is 0 Å². The molecule has 0 saturated heterocycles. The van der Waals surface area contributed by atoms with Crippen LogP contribution in [0.25, 0.3) is 0 Å². The van der Waals surface area contributed by atoms with E-state index >= 15 is 0 Å². The fourth-order valence-electron chi connectivity index (χ4n) is 5.95. The molecule has 0 amide bonds. The first kappa shape index (κ1) is 40.1. The minimum Gasteiger partial charge on any atom is -0.481 e. The van der Waals surface area contributed by atoms with Crippen molar-refractivity contribution < 1.29 is 34.2 Å². The summed E-state index contributed by atoms with van der Waals surface area (Å²) in [5, 5.41) is 27.3. The highest BCUT2D eigenvalue weighted by molar-refractivity contribution is 5.67. The predicted molar refractivity (Wildman–Crippen MR) is 173 cm³/mol. The van der Waals surface area contributed by atoms with Crippen LogP contribution in [0.4, 0.5) is 0 Å². The number of carbonyl (C=O) groups is 3. The van der Waals surface area contributed by atoms with Gasteiger partial charge in [0.25, 0.3) is 0 Å². The minimum absolute atomic E-state index is 0.0907. The Morgan fingerprint density at radius 3 is 1.05 bits per heavy atom. The summed E-state index contributed by atoms with van der Waals surface area (Å²) in [4.78, 5) is 33.2. The number of nitrogens with zero attached hydrogens (tertiary/aromatic N) is 1. The Morgan fingerprint density at radius 2 is 0.714 bits per heavy atom. The van der Waals surface area contributed by atoms with Crippen LogP contribution < -0.4 is 0 Å². The van der Waals surface area contributed by atoms with Gasteiger partial charge in [0.15, 0.2) is 0 Å². The third kappa shape index (κ3) is 28.2.